The molecule has 0 bridgehead atoms. The van der Waals surface area contributed by atoms with Crippen LogP contribution in [-0.2, 0) is 16.0 Å². The van der Waals surface area contributed by atoms with Crippen molar-refractivity contribution in [2.75, 3.05) is 19.8 Å². The fourth-order valence-corrected chi connectivity index (χ4v) is 2.54. The highest BCUT2D eigenvalue weighted by atomic mass is 19.4. The van der Waals surface area contributed by atoms with Crippen molar-refractivity contribution in [3.8, 4) is 17.1 Å². The molecule has 7 nitrogen and oxygen atoms in total. The number of ether oxygens (including phenoxy) is 3. The minimum atomic E-state index is -4.40. The predicted octanol–water partition coefficient (Wildman–Crippen LogP) is 2.99. The lowest BCUT2D eigenvalue weighted by molar-refractivity contribution is -0.227. The molecule has 0 unspecified atom stereocenters. The summed E-state index contributed by atoms with van der Waals surface area (Å²) in [6.45, 7) is 6.06. The van der Waals surface area contributed by atoms with Gasteiger partial charge in [0.2, 0.25) is 0 Å². The van der Waals surface area contributed by atoms with Crippen molar-refractivity contribution in [2.24, 2.45) is 5.41 Å². The first-order valence-electron chi connectivity index (χ1n) is 8.41. The van der Waals surface area contributed by atoms with Crippen LogP contribution in [0.2, 0.25) is 0 Å². The molecule has 0 aliphatic carbocycles. The molecule has 10 heteroatoms. The maximum Gasteiger partial charge on any atom is 0.422 e. The third-order valence-electron chi connectivity index (χ3n) is 3.89. The lowest BCUT2D eigenvalue weighted by atomic mass is 9.96. The van der Waals surface area contributed by atoms with Crippen LogP contribution in [0.15, 0.2) is 18.5 Å². The molecule has 1 saturated heterocycles. The van der Waals surface area contributed by atoms with Gasteiger partial charge in [-0.1, -0.05) is 19.1 Å². The summed E-state index contributed by atoms with van der Waals surface area (Å²) in [5.74, 6) is 0.0487. The van der Waals surface area contributed by atoms with Gasteiger partial charge in [0, 0.05) is 5.41 Å². The SMILES string of the molecule is Cc1cc(OCC(F)(F)F)cnc1-c1cn(CC2OCC(C)(C)CO2)nn1. The van der Waals surface area contributed by atoms with E-state index < -0.39 is 19.1 Å². The summed E-state index contributed by atoms with van der Waals surface area (Å²) in [6.07, 6.45) is -1.87. The van der Waals surface area contributed by atoms with E-state index in [-0.39, 0.29) is 11.2 Å². The zero-order valence-corrected chi connectivity index (χ0v) is 15.3. The summed E-state index contributed by atoms with van der Waals surface area (Å²) in [4.78, 5) is 4.16. The maximum atomic E-state index is 12.2. The minimum Gasteiger partial charge on any atom is -0.482 e. The van der Waals surface area contributed by atoms with Crippen LogP contribution < -0.4 is 4.74 Å². The largest absolute Gasteiger partial charge is 0.482 e. The van der Waals surface area contributed by atoms with Crippen LogP contribution in [0.5, 0.6) is 5.75 Å². The normalized spacial score (nSPS) is 17.9. The zero-order valence-electron chi connectivity index (χ0n) is 15.3. The topological polar surface area (TPSA) is 71.3 Å². The van der Waals surface area contributed by atoms with E-state index in [1.807, 2.05) is 0 Å². The minimum absolute atomic E-state index is 0.0129. The maximum absolute atomic E-state index is 12.2. The van der Waals surface area contributed by atoms with E-state index >= 15 is 0 Å². The number of nitrogens with zero attached hydrogens (tertiary/aromatic N) is 4. The molecule has 1 aliphatic heterocycles. The molecule has 27 heavy (non-hydrogen) atoms. The molecule has 3 heterocycles. The molecule has 0 atom stereocenters. The Balaban J connectivity index is 1.64. The van der Waals surface area contributed by atoms with Crippen LogP contribution >= 0.6 is 0 Å². The number of hydrogen-bond donors (Lipinski definition) is 0. The molecule has 1 fully saturated rings. The quantitative estimate of drug-likeness (QED) is 0.787. The van der Waals surface area contributed by atoms with Crippen molar-refractivity contribution in [3.05, 3.63) is 24.0 Å². The van der Waals surface area contributed by atoms with Crippen LogP contribution in [0.1, 0.15) is 19.4 Å². The Hall–Kier alpha value is -2.20. The second kappa shape index (κ2) is 7.43. The second-order valence-corrected chi connectivity index (χ2v) is 7.28. The summed E-state index contributed by atoms with van der Waals surface area (Å²) >= 11 is 0. The third kappa shape index (κ3) is 5.39. The second-order valence-electron chi connectivity index (χ2n) is 7.28. The molecule has 0 amide bonds. The van der Waals surface area contributed by atoms with Crippen molar-refractivity contribution < 1.29 is 27.4 Å². The molecular formula is C17H21F3N4O3. The van der Waals surface area contributed by atoms with E-state index in [0.717, 1.165) is 0 Å². The van der Waals surface area contributed by atoms with Crippen molar-refractivity contribution in [3.63, 3.8) is 0 Å². The van der Waals surface area contributed by atoms with Crippen LogP contribution in [0.25, 0.3) is 11.4 Å². The van der Waals surface area contributed by atoms with E-state index in [0.29, 0.717) is 36.7 Å². The first-order chi connectivity index (χ1) is 12.6. The van der Waals surface area contributed by atoms with Gasteiger partial charge in [-0.15, -0.1) is 5.10 Å². The van der Waals surface area contributed by atoms with Gasteiger partial charge >= 0.3 is 6.18 Å². The molecule has 0 aromatic carbocycles. The van der Waals surface area contributed by atoms with Gasteiger partial charge in [-0.2, -0.15) is 13.2 Å². The van der Waals surface area contributed by atoms with Crippen molar-refractivity contribution >= 4 is 0 Å². The van der Waals surface area contributed by atoms with Crippen LogP contribution in [0.4, 0.5) is 13.2 Å². The van der Waals surface area contributed by atoms with Gasteiger partial charge < -0.3 is 14.2 Å². The van der Waals surface area contributed by atoms with E-state index in [2.05, 4.69) is 29.1 Å². The van der Waals surface area contributed by atoms with Crippen LogP contribution in [-0.4, -0.2) is 52.3 Å². The molecule has 0 saturated carbocycles. The fraction of sp³-hybridized carbons (Fsp3) is 0.588. The monoisotopic (exact) mass is 386 g/mol. The molecule has 2 aromatic heterocycles. The fourth-order valence-electron chi connectivity index (χ4n) is 2.54. The molecule has 0 radical (unpaired) electrons. The van der Waals surface area contributed by atoms with Gasteiger partial charge in [0.05, 0.1) is 37.8 Å². The first kappa shape index (κ1) is 19.6. The third-order valence-corrected chi connectivity index (χ3v) is 3.89. The Morgan fingerprint density at radius 3 is 2.63 bits per heavy atom. The Labute approximate surface area is 154 Å². The molecular weight excluding hydrogens is 365 g/mol. The number of halogens is 3. The van der Waals surface area contributed by atoms with E-state index in [1.54, 1.807) is 17.8 Å². The van der Waals surface area contributed by atoms with Crippen molar-refractivity contribution in [1.82, 2.24) is 20.0 Å². The molecule has 3 rings (SSSR count). The van der Waals surface area contributed by atoms with E-state index in [1.165, 1.54) is 12.3 Å². The zero-order chi connectivity index (χ0) is 19.7. The predicted molar refractivity (Wildman–Crippen MR) is 89.0 cm³/mol. The molecule has 1 aliphatic rings. The molecule has 0 spiro atoms. The van der Waals surface area contributed by atoms with Gasteiger partial charge in [-0.05, 0) is 18.6 Å². The van der Waals surface area contributed by atoms with Gasteiger partial charge in [-0.3, -0.25) is 4.98 Å². The molecule has 148 valence electrons. The summed E-state index contributed by atoms with van der Waals surface area (Å²) in [5, 5.41) is 8.12. The van der Waals surface area contributed by atoms with Crippen LogP contribution in [0.3, 0.4) is 0 Å². The number of rotatable bonds is 5. The summed E-state index contributed by atoms with van der Waals surface area (Å²) in [6, 6.07) is 1.49. The Bertz CT molecular complexity index is 782. The summed E-state index contributed by atoms with van der Waals surface area (Å²) < 4.78 is 54.3. The lowest BCUT2D eigenvalue weighted by Crippen LogP contribution is -2.39. The standard InChI is InChI=1S/C17H21F3N4O3/c1-11-4-12(25-10-17(18,19)20)5-21-15(11)13-6-24(23-22-13)7-14-26-8-16(2,3)9-27-14/h4-6,14H,7-10H2,1-3H3. The Kier molecular flexibility index (Phi) is 5.38. The average molecular weight is 386 g/mol. The molecule has 0 N–H and O–H groups in total. The lowest BCUT2D eigenvalue weighted by Gasteiger charge is -2.34. The molecule has 2 aromatic rings. The van der Waals surface area contributed by atoms with Crippen LogP contribution in [0, 0.1) is 12.3 Å². The average Bonchev–Trinajstić information content (AvgIpc) is 3.02. The highest BCUT2D eigenvalue weighted by Gasteiger charge is 2.29. The number of hydrogen-bond acceptors (Lipinski definition) is 6. The van der Waals surface area contributed by atoms with Gasteiger partial charge in [0.15, 0.2) is 12.9 Å². The number of alkyl halides is 3. The van der Waals surface area contributed by atoms with Crippen molar-refractivity contribution in [2.45, 2.75) is 39.8 Å². The van der Waals surface area contributed by atoms with E-state index in [9.17, 15) is 13.2 Å². The summed E-state index contributed by atoms with van der Waals surface area (Å²) in [5.41, 5.74) is 1.65. The Morgan fingerprint density at radius 1 is 1.30 bits per heavy atom. The van der Waals surface area contributed by atoms with E-state index in [4.69, 9.17) is 14.2 Å². The van der Waals surface area contributed by atoms with Gasteiger partial charge in [-0.25, -0.2) is 4.68 Å². The highest BCUT2D eigenvalue weighted by molar-refractivity contribution is 5.58. The highest BCUT2D eigenvalue weighted by Crippen LogP contribution is 2.25. The van der Waals surface area contributed by atoms with Crippen molar-refractivity contribution in [1.29, 1.82) is 0 Å². The number of aromatic nitrogens is 4. The number of aryl methyl sites for hydroxylation is 1. The number of pyridine rings is 1. The Morgan fingerprint density at radius 2 is 2.00 bits per heavy atom. The summed E-state index contributed by atoms with van der Waals surface area (Å²) in [7, 11) is 0. The first-order valence-corrected chi connectivity index (χ1v) is 8.41. The smallest absolute Gasteiger partial charge is 0.422 e. The van der Waals surface area contributed by atoms with Gasteiger partial charge in [0.1, 0.15) is 11.4 Å². The van der Waals surface area contributed by atoms with Gasteiger partial charge in [0.25, 0.3) is 0 Å².